The SMILES string of the molecule is COC(=O)N1c2ccc3c(nc(C(C)C(O)c4ccccc4)n3C3CCCC(C(=O)O)C3)c2CC[C@@H]1C. The van der Waals surface area contributed by atoms with Gasteiger partial charge in [-0.05, 0) is 56.7 Å². The van der Waals surface area contributed by atoms with Crippen LogP contribution in [0.15, 0.2) is 42.5 Å². The molecular formula is C29H35N3O5. The van der Waals surface area contributed by atoms with Crippen molar-refractivity contribution in [1.29, 1.82) is 0 Å². The molecule has 1 aliphatic carbocycles. The van der Waals surface area contributed by atoms with Crippen molar-refractivity contribution in [2.45, 2.75) is 76.5 Å². The number of hydrogen-bond donors (Lipinski definition) is 2. The van der Waals surface area contributed by atoms with E-state index in [9.17, 15) is 19.8 Å². The van der Waals surface area contributed by atoms with Crippen molar-refractivity contribution in [3.05, 3.63) is 59.4 Å². The van der Waals surface area contributed by atoms with E-state index in [1.54, 1.807) is 4.90 Å². The first-order valence-electron chi connectivity index (χ1n) is 13.2. The Morgan fingerprint density at radius 1 is 1.11 bits per heavy atom. The van der Waals surface area contributed by atoms with Crippen molar-refractivity contribution in [3.8, 4) is 0 Å². The Bertz CT molecular complexity index is 1300. The zero-order valence-corrected chi connectivity index (χ0v) is 21.6. The molecule has 0 spiro atoms. The standard InChI is InChI=1S/C29H35N3O5/c1-17-12-13-22-23(31(17)29(36)37-3)14-15-24-25(22)30-27(18(2)26(33)19-8-5-4-6-9-19)32(24)21-11-7-10-20(16-21)28(34)35/h4-6,8-9,14-15,17-18,20-21,26,33H,7,10-13,16H2,1-3H3,(H,34,35)/t17-,18?,20?,21?,26?/m0/s1. The van der Waals surface area contributed by atoms with Crippen LogP contribution in [0.4, 0.5) is 10.5 Å². The van der Waals surface area contributed by atoms with Gasteiger partial charge in [0, 0.05) is 23.6 Å². The van der Waals surface area contributed by atoms with E-state index in [0.29, 0.717) is 12.8 Å². The molecule has 0 saturated heterocycles. The van der Waals surface area contributed by atoms with Crippen LogP contribution in [0.25, 0.3) is 11.0 Å². The van der Waals surface area contributed by atoms with Crippen LogP contribution in [0.1, 0.15) is 81.0 Å². The van der Waals surface area contributed by atoms with Gasteiger partial charge in [0.2, 0.25) is 0 Å². The molecule has 2 heterocycles. The van der Waals surface area contributed by atoms with Crippen LogP contribution >= 0.6 is 0 Å². The molecule has 4 unspecified atom stereocenters. The van der Waals surface area contributed by atoms with Gasteiger partial charge in [0.1, 0.15) is 5.82 Å². The summed E-state index contributed by atoms with van der Waals surface area (Å²) >= 11 is 0. The highest BCUT2D eigenvalue weighted by Gasteiger charge is 2.36. The number of aliphatic hydroxyl groups excluding tert-OH is 1. The quantitative estimate of drug-likeness (QED) is 0.468. The Kier molecular flexibility index (Phi) is 6.94. The zero-order chi connectivity index (χ0) is 26.3. The van der Waals surface area contributed by atoms with Crippen LogP contribution in [-0.4, -0.2) is 45.0 Å². The number of amides is 1. The van der Waals surface area contributed by atoms with Gasteiger partial charge in [-0.15, -0.1) is 0 Å². The molecule has 3 aromatic rings. The maximum atomic E-state index is 12.6. The Morgan fingerprint density at radius 2 is 1.86 bits per heavy atom. The molecule has 196 valence electrons. The number of imidazole rings is 1. The summed E-state index contributed by atoms with van der Waals surface area (Å²) in [5.41, 5.74) is 4.35. The minimum Gasteiger partial charge on any atom is -0.481 e. The summed E-state index contributed by atoms with van der Waals surface area (Å²) in [7, 11) is 1.39. The topological polar surface area (TPSA) is 105 Å². The second kappa shape index (κ2) is 10.2. The van der Waals surface area contributed by atoms with Gasteiger partial charge in [0.15, 0.2) is 0 Å². The van der Waals surface area contributed by atoms with E-state index in [1.165, 1.54) is 7.11 Å². The summed E-state index contributed by atoms with van der Waals surface area (Å²) in [5.74, 6) is -0.728. The number of aryl methyl sites for hydroxylation is 1. The van der Waals surface area contributed by atoms with E-state index in [-0.39, 0.29) is 18.0 Å². The van der Waals surface area contributed by atoms with Crippen LogP contribution < -0.4 is 4.90 Å². The number of carboxylic acids is 1. The molecule has 0 radical (unpaired) electrons. The van der Waals surface area contributed by atoms with Crippen molar-refractivity contribution in [2.75, 3.05) is 12.0 Å². The molecule has 1 fully saturated rings. The van der Waals surface area contributed by atoms with E-state index in [2.05, 4.69) is 4.57 Å². The van der Waals surface area contributed by atoms with Crippen molar-refractivity contribution in [3.63, 3.8) is 0 Å². The normalized spacial score (nSPS) is 23.4. The highest BCUT2D eigenvalue weighted by atomic mass is 16.5. The summed E-state index contributed by atoms with van der Waals surface area (Å²) in [6.07, 6.45) is 3.30. The lowest BCUT2D eigenvalue weighted by Gasteiger charge is -2.34. The maximum Gasteiger partial charge on any atom is 0.414 e. The largest absolute Gasteiger partial charge is 0.481 e. The number of carbonyl (C=O) groups excluding carboxylic acids is 1. The third kappa shape index (κ3) is 4.48. The van der Waals surface area contributed by atoms with E-state index in [1.807, 2.05) is 56.3 Å². The molecule has 2 N–H and O–H groups in total. The van der Waals surface area contributed by atoms with Gasteiger partial charge in [0.25, 0.3) is 0 Å². The molecule has 1 aromatic heterocycles. The lowest BCUT2D eigenvalue weighted by Crippen LogP contribution is -2.42. The first-order valence-corrected chi connectivity index (χ1v) is 13.2. The number of aliphatic hydroxyl groups is 1. The van der Waals surface area contributed by atoms with E-state index in [4.69, 9.17) is 9.72 Å². The minimum absolute atomic E-state index is 0.00690. The highest BCUT2D eigenvalue weighted by molar-refractivity contribution is 5.95. The fraction of sp³-hybridized carbons (Fsp3) is 0.483. The second-order valence-electron chi connectivity index (χ2n) is 10.5. The Hall–Kier alpha value is -3.39. The molecule has 1 aliphatic heterocycles. The van der Waals surface area contributed by atoms with Gasteiger partial charge in [-0.25, -0.2) is 9.78 Å². The molecule has 2 aliphatic rings. The van der Waals surface area contributed by atoms with Crippen LogP contribution in [0.5, 0.6) is 0 Å². The zero-order valence-electron chi connectivity index (χ0n) is 21.6. The molecular weight excluding hydrogens is 470 g/mol. The van der Waals surface area contributed by atoms with Gasteiger partial charge < -0.3 is 19.5 Å². The molecule has 8 nitrogen and oxygen atoms in total. The lowest BCUT2D eigenvalue weighted by molar-refractivity contribution is -0.143. The summed E-state index contributed by atoms with van der Waals surface area (Å²) in [6, 6.07) is 13.5. The number of rotatable bonds is 5. The van der Waals surface area contributed by atoms with Crippen LogP contribution in [0.2, 0.25) is 0 Å². The summed E-state index contributed by atoms with van der Waals surface area (Å²) in [4.78, 5) is 31.4. The Morgan fingerprint density at radius 3 is 2.57 bits per heavy atom. The van der Waals surface area contributed by atoms with E-state index >= 15 is 0 Å². The predicted molar refractivity (Wildman–Crippen MR) is 141 cm³/mol. The number of carbonyl (C=O) groups is 2. The van der Waals surface area contributed by atoms with Crippen molar-refractivity contribution in [2.24, 2.45) is 5.92 Å². The number of anilines is 1. The number of benzene rings is 2. The maximum absolute atomic E-state index is 12.6. The lowest BCUT2D eigenvalue weighted by atomic mass is 9.85. The van der Waals surface area contributed by atoms with Gasteiger partial charge in [-0.2, -0.15) is 0 Å². The fourth-order valence-corrected chi connectivity index (χ4v) is 6.20. The Labute approximate surface area is 216 Å². The van der Waals surface area contributed by atoms with E-state index in [0.717, 1.165) is 59.4 Å². The number of fused-ring (bicyclic) bond motifs is 3. The van der Waals surface area contributed by atoms with Crippen molar-refractivity contribution >= 4 is 28.8 Å². The third-order valence-electron chi connectivity index (χ3n) is 8.24. The molecule has 1 amide bonds. The number of carboxylic acid groups (broad SMARTS) is 1. The first kappa shape index (κ1) is 25.3. The summed E-state index contributed by atoms with van der Waals surface area (Å²) in [5, 5.41) is 21.1. The van der Waals surface area contributed by atoms with Crippen molar-refractivity contribution in [1.82, 2.24) is 9.55 Å². The number of aromatic nitrogens is 2. The molecule has 5 atom stereocenters. The highest BCUT2D eigenvalue weighted by Crippen LogP contribution is 2.43. The van der Waals surface area contributed by atoms with Crippen LogP contribution in [-0.2, 0) is 16.0 Å². The van der Waals surface area contributed by atoms with Gasteiger partial charge >= 0.3 is 12.1 Å². The Balaban J connectivity index is 1.67. The molecule has 2 aromatic carbocycles. The smallest absolute Gasteiger partial charge is 0.414 e. The molecule has 37 heavy (non-hydrogen) atoms. The molecule has 0 bridgehead atoms. The first-order chi connectivity index (χ1) is 17.8. The fourth-order valence-electron chi connectivity index (χ4n) is 6.20. The van der Waals surface area contributed by atoms with Gasteiger partial charge in [-0.3, -0.25) is 9.69 Å². The number of ether oxygens (including phenoxy) is 1. The molecule has 1 saturated carbocycles. The van der Waals surface area contributed by atoms with Crippen LogP contribution in [0, 0.1) is 5.92 Å². The molecule has 8 heteroatoms. The number of nitrogens with zero attached hydrogens (tertiary/aromatic N) is 3. The van der Waals surface area contributed by atoms with Crippen LogP contribution in [0.3, 0.4) is 0 Å². The second-order valence-corrected chi connectivity index (χ2v) is 10.5. The van der Waals surface area contributed by atoms with Crippen molar-refractivity contribution < 1.29 is 24.5 Å². The summed E-state index contributed by atoms with van der Waals surface area (Å²) < 4.78 is 7.26. The minimum atomic E-state index is -0.766. The average Bonchev–Trinajstić information content (AvgIpc) is 3.32. The number of aliphatic carboxylic acids is 1. The van der Waals surface area contributed by atoms with Gasteiger partial charge in [-0.1, -0.05) is 43.7 Å². The number of methoxy groups -OCH3 is 1. The monoisotopic (exact) mass is 505 g/mol. The third-order valence-corrected chi connectivity index (χ3v) is 8.24. The summed E-state index contributed by atoms with van der Waals surface area (Å²) in [6.45, 7) is 3.99. The predicted octanol–water partition coefficient (Wildman–Crippen LogP) is 5.60. The molecule has 5 rings (SSSR count). The van der Waals surface area contributed by atoms with E-state index < -0.39 is 24.1 Å². The van der Waals surface area contributed by atoms with Gasteiger partial charge in [0.05, 0.1) is 35.9 Å². The average molecular weight is 506 g/mol. The number of hydrogen-bond acceptors (Lipinski definition) is 5.